The zero-order valence-corrected chi connectivity index (χ0v) is 21.2. The molecule has 1 aromatic carbocycles. The van der Waals surface area contributed by atoms with Gasteiger partial charge < -0.3 is 4.90 Å². The number of fused-ring (bicyclic) bond motifs is 3. The Hall–Kier alpha value is -2.67. The van der Waals surface area contributed by atoms with E-state index in [0.717, 1.165) is 74.6 Å². The highest BCUT2D eigenvalue weighted by atomic mass is 32.1. The van der Waals surface area contributed by atoms with Crippen LogP contribution in [0.2, 0.25) is 0 Å². The SMILES string of the molecule is Cc1ccc(-n2c(=O)c3c4c(sc3n(CC(=O)N3CCCC[C@@H]3C)c2=O)CCCCC4)cc1C. The highest BCUT2D eigenvalue weighted by Crippen LogP contribution is 2.34. The van der Waals surface area contributed by atoms with Gasteiger partial charge in [-0.25, -0.2) is 9.36 Å². The maximum atomic E-state index is 13.8. The van der Waals surface area contributed by atoms with Gasteiger partial charge in [-0.3, -0.25) is 14.2 Å². The number of rotatable bonds is 3. The van der Waals surface area contributed by atoms with Gasteiger partial charge in [0.1, 0.15) is 11.4 Å². The van der Waals surface area contributed by atoms with E-state index in [-0.39, 0.29) is 24.1 Å². The fourth-order valence-electron chi connectivity index (χ4n) is 5.47. The number of hydrogen-bond acceptors (Lipinski definition) is 4. The molecule has 1 atom stereocenters. The van der Waals surface area contributed by atoms with Crippen LogP contribution in [-0.4, -0.2) is 32.5 Å². The van der Waals surface area contributed by atoms with Crippen molar-refractivity contribution >= 4 is 27.5 Å². The van der Waals surface area contributed by atoms with Crippen LogP contribution in [0.4, 0.5) is 0 Å². The van der Waals surface area contributed by atoms with E-state index >= 15 is 0 Å². The number of benzene rings is 1. The molecule has 5 rings (SSSR count). The van der Waals surface area contributed by atoms with Gasteiger partial charge >= 0.3 is 5.69 Å². The Bertz CT molecular complexity index is 1380. The molecular formula is C27H33N3O3S. The molecular weight excluding hydrogens is 446 g/mol. The number of likely N-dealkylation sites (tertiary alicyclic amines) is 1. The van der Waals surface area contributed by atoms with Crippen LogP contribution in [0, 0.1) is 13.8 Å². The summed E-state index contributed by atoms with van der Waals surface area (Å²) in [6.07, 6.45) is 8.20. The van der Waals surface area contributed by atoms with E-state index in [2.05, 4.69) is 6.92 Å². The molecule has 0 bridgehead atoms. The van der Waals surface area contributed by atoms with Crippen LogP contribution in [-0.2, 0) is 24.2 Å². The number of nitrogens with zero attached hydrogens (tertiary/aromatic N) is 3. The molecule has 1 aliphatic heterocycles. The van der Waals surface area contributed by atoms with Crippen LogP contribution in [0.15, 0.2) is 27.8 Å². The summed E-state index contributed by atoms with van der Waals surface area (Å²) in [6, 6.07) is 5.85. The Labute approximate surface area is 203 Å². The topological polar surface area (TPSA) is 64.3 Å². The van der Waals surface area contributed by atoms with Crippen LogP contribution in [0.5, 0.6) is 0 Å². The molecule has 0 spiro atoms. The van der Waals surface area contributed by atoms with Crippen molar-refractivity contribution in [2.24, 2.45) is 0 Å². The number of amides is 1. The lowest BCUT2D eigenvalue weighted by Gasteiger charge is -2.33. The third-order valence-electron chi connectivity index (χ3n) is 7.65. The number of hydrogen-bond donors (Lipinski definition) is 0. The van der Waals surface area contributed by atoms with E-state index in [1.165, 1.54) is 9.44 Å². The van der Waals surface area contributed by atoms with Crippen LogP contribution in [0.25, 0.3) is 15.9 Å². The van der Waals surface area contributed by atoms with Gasteiger partial charge in [-0.1, -0.05) is 12.5 Å². The largest absolute Gasteiger partial charge is 0.338 e. The summed E-state index contributed by atoms with van der Waals surface area (Å²) in [4.78, 5) is 44.9. The molecule has 2 aromatic heterocycles. The van der Waals surface area contributed by atoms with E-state index in [0.29, 0.717) is 15.9 Å². The lowest BCUT2D eigenvalue weighted by Crippen LogP contribution is -2.46. The van der Waals surface area contributed by atoms with E-state index in [4.69, 9.17) is 0 Å². The number of aromatic nitrogens is 2. The molecule has 1 aliphatic carbocycles. The summed E-state index contributed by atoms with van der Waals surface area (Å²) in [7, 11) is 0. The molecule has 1 amide bonds. The maximum absolute atomic E-state index is 13.8. The van der Waals surface area contributed by atoms with Gasteiger partial charge in [-0.05, 0) is 94.5 Å². The fourth-order valence-corrected chi connectivity index (χ4v) is 6.84. The zero-order valence-electron chi connectivity index (χ0n) is 20.4. The van der Waals surface area contributed by atoms with Crippen molar-refractivity contribution < 1.29 is 4.79 Å². The molecule has 0 radical (unpaired) electrons. The van der Waals surface area contributed by atoms with E-state index in [1.807, 2.05) is 36.9 Å². The highest BCUT2D eigenvalue weighted by Gasteiger charge is 2.28. The van der Waals surface area contributed by atoms with Crippen LogP contribution < -0.4 is 11.2 Å². The summed E-state index contributed by atoms with van der Waals surface area (Å²) in [5, 5.41) is 0.638. The molecule has 2 aliphatic rings. The van der Waals surface area contributed by atoms with Gasteiger partial charge in [-0.2, -0.15) is 0 Å². The number of carbonyl (C=O) groups excluding carboxylic acids is 1. The molecule has 3 aromatic rings. The van der Waals surface area contributed by atoms with Gasteiger partial charge in [0.2, 0.25) is 5.91 Å². The number of carbonyl (C=O) groups is 1. The maximum Gasteiger partial charge on any atom is 0.337 e. The van der Waals surface area contributed by atoms with Gasteiger partial charge in [0, 0.05) is 17.5 Å². The second-order valence-electron chi connectivity index (χ2n) is 9.95. The molecule has 34 heavy (non-hydrogen) atoms. The van der Waals surface area contributed by atoms with Crippen LogP contribution in [0.3, 0.4) is 0 Å². The molecule has 180 valence electrons. The first-order chi connectivity index (χ1) is 16.4. The van der Waals surface area contributed by atoms with E-state index in [1.54, 1.807) is 15.9 Å². The molecule has 0 saturated carbocycles. The lowest BCUT2D eigenvalue weighted by molar-refractivity contribution is -0.135. The average molecular weight is 480 g/mol. The molecule has 6 nitrogen and oxygen atoms in total. The van der Waals surface area contributed by atoms with Crippen molar-refractivity contribution in [3.05, 3.63) is 60.6 Å². The summed E-state index contributed by atoms with van der Waals surface area (Å²) in [5.41, 5.74) is 3.12. The van der Waals surface area contributed by atoms with Crippen LogP contribution in [0.1, 0.15) is 67.0 Å². The molecule has 3 heterocycles. The molecule has 7 heteroatoms. The lowest BCUT2D eigenvalue weighted by atomic mass is 10.0. The van der Waals surface area contributed by atoms with Gasteiger partial charge in [0.05, 0.1) is 11.1 Å². The minimum atomic E-state index is -0.421. The van der Waals surface area contributed by atoms with Gasteiger partial charge in [0.25, 0.3) is 5.56 Å². The third kappa shape index (κ3) is 3.94. The first kappa shape index (κ1) is 23.1. The average Bonchev–Trinajstić information content (AvgIpc) is 3.02. The monoisotopic (exact) mass is 479 g/mol. The van der Waals surface area contributed by atoms with Crippen molar-refractivity contribution in [1.29, 1.82) is 0 Å². The Morgan fingerprint density at radius 1 is 1.03 bits per heavy atom. The predicted molar refractivity (Wildman–Crippen MR) is 137 cm³/mol. The summed E-state index contributed by atoms with van der Waals surface area (Å²) < 4.78 is 2.87. The summed E-state index contributed by atoms with van der Waals surface area (Å²) in [6.45, 7) is 6.79. The minimum absolute atomic E-state index is 0.0236. The number of thiophene rings is 1. The highest BCUT2D eigenvalue weighted by molar-refractivity contribution is 7.18. The van der Waals surface area contributed by atoms with Crippen molar-refractivity contribution in [1.82, 2.24) is 14.0 Å². The Morgan fingerprint density at radius 2 is 1.82 bits per heavy atom. The zero-order chi connectivity index (χ0) is 24.0. The van der Waals surface area contributed by atoms with E-state index < -0.39 is 5.69 Å². The number of aryl methyl sites for hydroxylation is 4. The summed E-state index contributed by atoms with van der Waals surface area (Å²) in [5.74, 6) is -0.0375. The normalized spacial score (nSPS) is 18.7. The Kier molecular flexibility index (Phi) is 6.23. The first-order valence-corrected chi connectivity index (χ1v) is 13.4. The fraction of sp³-hybridized carbons (Fsp3) is 0.519. The van der Waals surface area contributed by atoms with Crippen molar-refractivity contribution in [3.63, 3.8) is 0 Å². The molecule has 1 fully saturated rings. The van der Waals surface area contributed by atoms with Crippen molar-refractivity contribution in [2.75, 3.05) is 6.54 Å². The molecule has 0 unspecified atom stereocenters. The Balaban J connectivity index is 1.73. The first-order valence-electron chi connectivity index (χ1n) is 12.5. The molecule has 1 saturated heterocycles. The third-order valence-corrected chi connectivity index (χ3v) is 8.97. The van der Waals surface area contributed by atoms with E-state index in [9.17, 15) is 14.4 Å². The van der Waals surface area contributed by atoms with Crippen molar-refractivity contribution in [3.8, 4) is 5.69 Å². The summed E-state index contributed by atoms with van der Waals surface area (Å²) >= 11 is 1.55. The van der Waals surface area contributed by atoms with Gasteiger partial charge in [-0.15, -0.1) is 11.3 Å². The smallest absolute Gasteiger partial charge is 0.337 e. The minimum Gasteiger partial charge on any atom is -0.338 e. The quantitative estimate of drug-likeness (QED) is 0.520. The second-order valence-corrected chi connectivity index (χ2v) is 11.0. The molecule has 0 N–H and O–H groups in total. The van der Waals surface area contributed by atoms with Crippen LogP contribution >= 0.6 is 11.3 Å². The van der Waals surface area contributed by atoms with Gasteiger partial charge in [0.15, 0.2) is 0 Å². The standard InChI is InChI=1S/C27H33N3O3S/c1-17-12-13-20(15-18(17)2)30-25(32)24-21-10-5-4-6-11-22(21)34-26(24)29(27(30)33)16-23(31)28-14-8-7-9-19(28)3/h12-13,15,19H,4-11,14,16H2,1-3H3/t19-/m0/s1. The predicted octanol–water partition coefficient (Wildman–Crippen LogP) is 4.50. The Morgan fingerprint density at radius 3 is 2.59 bits per heavy atom. The second kappa shape index (κ2) is 9.17. The number of piperidine rings is 1. The van der Waals surface area contributed by atoms with Crippen molar-refractivity contribution in [2.45, 2.75) is 84.7 Å².